The molecule has 0 fully saturated rings. The van der Waals surface area contributed by atoms with Gasteiger partial charge in [-0.15, -0.1) is 0 Å². The van der Waals surface area contributed by atoms with Crippen molar-refractivity contribution in [2.75, 3.05) is 34.4 Å². The molecule has 1 N–H and O–H groups in total. The first-order valence-corrected chi connectivity index (χ1v) is 7.58. The van der Waals surface area contributed by atoms with E-state index in [0.29, 0.717) is 0 Å². The van der Waals surface area contributed by atoms with Crippen molar-refractivity contribution in [2.24, 2.45) is 0 Å². The molecule has 0 aliphatic rings. The number of sulfonamides is 1. The van der Waals surface area contributed by atoms with Crippen LogP contribution in [0.4, 0.5) is 0 Å². The van der Waals surface area contributed by atoms with E-state index >= 15 is 0 Å². The third kappa shape index (κ3) is 4.50. The lowest BCUT2D eigenvalue weighted by Gasteiger charge is -2.20. The van der Waals surface area contributed by atoms with Crippen LogP contribution in [-0.2, 0) is 19.5 Å². The largest absolute Gasteiger partial charge is 0.465 e. The molecule has 0 saturated carbocycles. The Labute approximate surface area is 124 Å². The van der Waals surface area contributed by atoms with Crippen LogP contribution in [0.2, 0.25) is 0 Å². The number of carbonyl (C=O) groups is 1. The Balaban J connectivity index is 2.89. The van der Waals surface area contributed by atoms with E-state index in [1.165, 1.54) is 45.5 Å². The van der Waals surface area contributed by atoms with E-state index < -0.39 is 22.1 Å². The molecule has 118 valence electrons. The van der Waals surface area contributed by atoms with E-state index in [9.17, 15) is 18.3 Å². The van der Waals surface area contributed by atoms with Gasteiger partial charge in [-0.3, -0.25) is 0 Å². The Hall–Kier alpha value is -1.48. The van der Waals surface area contributed by atoms with E-state index in [-0.39, 0.29) is 23.6 Å². The van der Waals surface area contributed by atoms with Gasteiger partial charge in [0.2, 0.25) is 10.0 Å². The van der Waals surface area contributed by atoms with Crippen molar-refractivity contribution in [1.29, 1.82) is 0 Å². The summed E-state index contributed by atoms with van der Waals surface area (Å²) in [5.41, 5.74) is 0.263. The third-order valence-electron chi connectivity index (χ3n) is 2.81. The minimum Gasteiger partial charge on any atom is -0.465 e. The molecule has 0 aromatic heterocycles. The summed E-state index contributed by atoms with van der Waals surface area (Å²) in [5.74, 6) is -0.539. The second-order valence-electron chi connectivity index (χ2n) is 4.41. The van der Waals surface area contributed by atoms with Gasteiger partial charge < -0.3 is 14.6 Å². The number of aliphatic hydroxyl groups excluding tert-OH is 1. The number of rotatable bonds is 7. The SMILES string of the molecule is COCC(O)CN(C)S(=O)(=O)c1ccc(C(=O)OC)cc1. The first-order valence-electron chi connectivity index (χ1n) is 6.14. The summed E-state index contributed by atoms with van der Waals surface area (Å²) in [6, 6.07) is 5.39. The van der Waals surface area contributed by atoms with Crippen molar-refractivity contribution in [2.45, 2.75) is 11.0 Å². The summed E-state index contributed by atoms with van der Waals surface area (Å²) in [5, 5.41) is 9.59. The van der Waals surface area contributed by atoms with E-state index in [1.807, 2.05) is 0 Å². The van der Waals surface area contributed by atoms with E-state index in [4.69, 9.17) is 4.74 Å². The summed E-state index contributed by atoms with van der Waals surface area (Å²) >= 11 is 0. The number of aliphatic hydroxyl groups is 1. The maximum atomic E-state index is 12.3. The average molecular weight is 317 g/mol. The molecule has 1 rings (SSSR count). The number of methoxy groups -OCH3 is 2. The van der Waals surface area contributed by atoms with Crippen LogP contribution in [0.15, 0.2) is 29.2 Å². The standard InChI is InChI=1S/C13H19NO6S/c1-14(8-11(15)9-19-2)21(17,18)12-6-4-10(5-7-12)13(16)20-3/h4-7,11,15H,8-9H2,1-3H3. The average Bonchev–Trinajstić information content (AvgIpc) is 2.46. The van der Waals surface area contributed by atoms with Gasteiger partial charge in [-0.25, -0.2) is 13.2 Å². The normalized spacial score (nSPS) is 13.2. The molecule has 1 unspecified atom stereocenters. The Morgan fingerprint density at radius 3 is 2.33 bits per heavy atom. The summed E-state index contributed by atoms with van der Waals surface area (Å²) < 4.78 is 34.9. The number of likely N-dealkylation sites (N-methyl/N-ethyl adjacent to an activating group) is 1. The van der Waals surface area contributed by atoms with Crippen molar-refractivity contribution in [3.8, 4) is 0 Å². The lowest BCUT2D eigenvalue weighted by Crippen LogP contribution is -2.36. The van der Waals surface area contributed by atoms with Crippen LogP contribution < -0.4 is 0 Å². The van der Waals surface area contributed by atoms with Gasteiger partial charge in [0.25, 0.3) is 0 Å². The van der Waals surface area contributed by atoms with Gasteiger partial charge in [-0.1, -0.05) is 0 Å². The minimum atomic E-state index is -3.74. The van der Waals surface area contributed by atoms with Gasteiger partial charge in [0.15, 0.2) is 0 Å². The Morgan fingerprint density at radius 2 is 1.86 bits per heavy atom. The fourth-order valence-corrected chi connectivity index (χ4v) is 2.91. The topological polar surface area (TPSA) is 93.1 Å². The highest BCUT2D eigenvalue weighted by molar-refractivity contribution is 7.89. The van der Waals surface area contributed by atoms with Crippen LogP contribution in [0, 0.1) is 0 Å². The third-order valence-corrected chi connectivity index (χ3v) is 4.65. The Morgan fingerprint density at radius 1 is 1.29 bits per heavy atom. The number of esters is 1. The predicted octanol–water partition coefficient (Wildman–Crippen LogP) is 0.101. The molecule has 0 amide bonds. The molecule has 0 bridgehead atoms. The first-order chi connectivity index (χ1) is 9.82. The van der Waals surface area contributed by atoms with E-state index in [2.05, 4.69) is 4.74 Å². The molecule has 7 nitrogen and oxygen atoms in total. The zero-order chi connectivity index (χ0) is 16.0. The van der Waals surface area contributed by atoms with Crippen LogP contribution in [0.25, 0.3) is 0 Å². The maximum Gasteiger partial charge on any atom is 0.337 e. The molecule has 1 atom stereocenters. The van der Waals surface area contributed by atoms with Crippen LogP contribution in [0.3, 0.4) is 0 Å². The van der Waals surface area contributed by atoms with Crippen LogP contribution >= 0.6 is 0 Å². The minimum absolute atomic E-state index is 0.0299. The molecular weight excluding hydrogens is 298 g/mol. The molecular formula is C13H19NO6S. The maximum absolute atomic E-state index is 12.3. The van der Waals surface area contributed by atoms with Gasteiger partial charge >= 0.3 is 5.97 Å². The number of benzene rings is 1. The van der Waals surface area contributed by atoms with Crippen molar-refractivity contribution >= 4 is 16.0 Å². The summed E-state index contributed by atoms with van der Waals surface area (Å²) in [7, 11) is 0.296. The molecule has 1 aromatic rings. The molecule has 0 spiro atoms. The number of carbonyl (C=O) groups excluding carboxylic acids is 1. The summed E-state index contributed by atoms with van der Waals surface area (Å²) in [6.45, 7) is -0.0456. The van der Waals surface area contributed by atoms with Crippen molar-refractivity contribution < 1.29 is 27.8 Å². The summed E-state index contributed by atoms with van der Waals surface area (Å²) in [6.07, 6.45) is -0.913. The van der Waals surface area contributed by atoms with E-state index in [0.717, 1.165) is 4.31 Å². The van der Waals surface area contributed by atoms with Gasteiger partial charge in [-0.05, 0) is 24.3 Å². The zero-order valence-electron chi connectivity index (χ0n) is 12.1. The monoisotopic (exact) mass is 317 g/mol. The number of nitrogens with zero attached hydrogens (tertiary/aromatic N) is 1. The highest BCUT2D eigenvalue weighted by Gasteiger charge is 2.23. The molecule has 1 aromatic carbocycles. The quantitative estimate of drug-likeness (QED) is 0.717. The molecule has 0 radical (unpaired) electrons. The Kier molecular flexibility index (Phi) is 6.28. The highest BCUT2D eigenvalue weighted by atomic mass is 32.2. The zero-order valence-corrected chi connectivity index (χ0v) is 13.0. The second kappa shape index (κ2) is 7.51. The van der Waals surface area contributed by atoms with Crippen LogP contribution in [0.1, 0.15) is 10.4 Å². The van der Waals surface area contributed by atoms with Crippen LogP contribution in [-0.4, -0.2) is 64.3 Å². The Bertz CT molecular complexity index is 569. The number of hydrogen-bond acceptors (Lipinski definition) is 6. The van der Waals surface area contributed by atoms with Gasteiger partial charge in [0, 0.05) is 20.7 Å². The smallest absolute Gasteiger partial charge is 0.337 e. The van der Waals surface area contributed by atoms with Crippen molar-refractivity contribution in [3.63, 3.8) is 0 Å². The first kappa shape index (κ1) is 17.6. The predicted molar refractivity (Wildman–Crippen MR) is 75.5 cm³/mol. The molecule has 8 heteroatoms. The number of hydrogen-bond donors (Lipinski definition) is 1. The lowest BCUT2D eigenvalue weighted by molar-refractivity contribution is 0.0554. The van der Waals surface area contributed by atoms with Crippen molar-refractivity contribution in [1.82, 2.24) is 4.31 Å². The highest BCUT2D eigenvalue weighted by Crippen LogP contribution is 2.16. The van der Waals surface area contributed by atoms with Gasteiger partial charge in [-0.2, -0.15) is 4.31 Å². The molecule has 0 saturated heterocycles. The summed E-state index contributed by atoms with van der Waals surface area (Å²) in [4.78, 5) is 11.3. The lowest BCUT2D eigenvalue weighted by atomic mass is 10.2. The fourth-order valence-electron chi connectivity index (χ4n) is 1.70. The fraction of sp³-hybridized carbons (Fsp3) is 0.462. The molecule has 0 aliphatic carbocycles. The number of ether oxygens (including phenoxy) is 2. The van der Waals surface area contributed by atoms with Crippen LogP contribution in [0.5, 0.6) is 0 Å². The van der Waals surface area contributed by atoms with Crippen molar-refractivity contribution in [3.05, 3.63) is 29.8 Å². The molecule has 21 heavy (non-hydrogen) atoms. The molecule has 0 aliphatic heterocycles. The van der Waals surface area contributed by atoms with Gasteiger partial charge in [0.05, 0.1) is 30.3 Å². The van der Waals surface area contributed by atoms with E-state index in [1.54, 1.807) is 0 Å². The second-order valence-corrected chi connectivity index (χ2v) is 6.46. The molecule has 0 heterocycles. The van der Waals surface area contributed by atoms with Gasteiger partial charge in [0.1, 0.15) is 0 Å².